The first-order valence-corrected chi connectivity index (χ1v) is 7.67. The predicted octanol–water partition coefficient (Wildman–Crippen LogP) is 2.18. The summed E-state index contributed by atoms with van der Waals surface area (Å²) in [5.41, 5.74) is 0. The second kappa shape index (κ2) is 8.13. The third kappa shape index (κ3) is 6.17. The summed E-state index contributed by atoms with van der Waals surface area (Å²) in [6, 6.07) is 2.02. The lowest BCUT2D eigenvalue weighted by Crippen LogP contribution is -2.37. The Hall–Kier alpha value is -0.120. The van der Waals surface area contributed by atoms with E-state index in [0.29, 0.717) is 12.1 Å². The Morgan fingerprint density at radius 3 is 2.56 bits per heavy atom. The lowest BCUT2D eigenvalue weighted by Gasteiger charge is -2.22. The molecular weight excluding hydrogens is 222 g/mol. The van der Waals surface area contributed by atoms with Gasteiger partial charge in [0, 0.05) is 24.7 Å². The number of hydrogen-bond donors (Lipinski definition) is 1. The Morgan fingerprint density at radius 1 is 1.22 bits per heavy atom. The molecule has 1 aliphatic heterocycles. The largest absolute Gasteiger partial charge is 0.310 e. The van der Waals surface area contributed by atoms with Crippen molar-refractivity contribution < 1.29 is 0 Å². The molecule has 0 amide bonds. The molecular formula is C15H33N3. The van der Waals surface area contributed by atoms with Gasteiger partial charge in [0.2, 0.25) is 0 Å². The van der Waals surface area contributed by atoms with E-state index in [4.69, 9.17) is 0 Å². The topological polar surface area (TPSA) is 18.5 Å². The molecule has 1 aliphatic rings. The van der Waals surface area contributed by atoms with Crippen LogP contribution < -0.4 is 5.32 Å². The molecule has 1 fully saturated rings. The van der Waals surface area contributed by atoms with Gasteiger partial charge < -0.3 is 15.1 Å². The highest BCUT2D eigenvalue weighted by Gasteiger charge is 2.21. The zero-order valence-corrected chi connectivity index (χ0v) is 13.1. The van der Waals surface area contributed by atoms with Crippen molar-refractivity contribution in [2.24, 2.45) is 0 Å². The fraction of sp³-hybridized carbons (Fsp3) is 1.00. The molecule has 18 heavy (non-hydrogen) atoms. The number of nitrogens with zero attached hydrogens (tertiary/aromatic N) is 2. The van der Waals surface area contributed by atoms with Gasteiger partial charge in [0.1, 0.15) is 0 Å². The standard InChI is InChI=1S/C15H33N3/c1-13(2)16-15-8-11-18(12-15)10-7-6-9-17(5)14(3)4/h13-16H,6-12H2,1-5H3. The van der Waals surface area contributed by atoms with Gasteiger partial charge in [-0.1, -0.05) is 13.8 Å². The highest BCUT2D eigenvalue weighted by Crippen LogP contribution is 2.11. The maximum Gasteiger partial charge on any atom is 0.0209 e. The van der Waals surface area contributed by atoms with Crippen LogP contribution >= 0.6 is 0 Å². The maximum absolute atomic E-state index is 3.65. The zero-order chi connectivity index (χ0) is 13.5. The number of rotatable bonds is 8. The maximum atomic E-state index is 3.65. The summed E-state index contributed by atoms with van der Waals surface area (Å²) in [7, 11) is 2.23. The average Bonchev–Trinajstić information content (AvgIpc) is 2.70. The fourth-order valence-corrected chi connectivity index (χ4v) is 2.60. The van der Waals surface area contributed by atoms with Crippen molar-refractivity contribution in [3.63, 3.8) is 0 Å². The van der Waals surface area contributed by atoms with Crippen molar-refractivity contribution >= 4 is 0 Å². The fourth-order valence-electron chi connectivity index (χ4n) is 2.60. The van der Waals surface area contributed by atoms with Crippen LogP contribution in [0, 0.1) is 0 Å². The summed E-state index contributed by atoms with van der Waals surface area (Å²) in [6.07, 6.45) is 3.99. The predicted molar refractivity (Wildman–Crippen MR) is 80.1 cm³/mol. The molecule has 1 unspecified atom stereocenters. The molecule has 0 aromatic heterocycles. The quantitative estimate of drug-likeness (QED) is 0.671. The summed E-state index contributed by atoms with van der Waals surface area (Å²) < 4.78 is 0. The molecule has 1 N–H and O–H groups in total. The molecule has 3 nitrogen and oxygen atoms in total. The van der Waals surface area contributed by atoms with Crippen LogP contribution in [0.5, 0.6) is 0 Å². The summed E-state index contributed by atoms with van der Waals surface area (Å²) in [4.78, 5) is 5.06. The lowest BCUT2D eigenvalue weighted by molar-refractivity contribution is 0.255. The third-order valence-electron chi connectivity index (χ3n) is 3.96. The molecule has 0 aromatic rings. The Kier molecular flexibility index (Phi) is 7.20. The van der Waals surface area contributed by atoms with E-state index < -0.39 is 0 Å². The van der Waals surface area contributed by atoms with Gasteiger partial charge in [0.05, 0.1) is 0 Å². The van der Waals surface area contributed by atoms with E-state index in [1.165, 1.54) is 45.4 Å². The van der Waals surface area contributed by atoms with Crippen molar-refractivity contribution in [1.82, 2.24) is 15.1 Å². The van der Waals surface area contributed by atoms with Crippen molar-refractivity contribution in [1.29, 1.82) is 0 Å². The van der Waals surface area contributed by atoms with Crippen LogP contribution in [-0.4, -0.2) is 61.2 Å². The molecule has 108 valence electrons. The first kappa shape index (κ1) is 15.9. The van der Waals surface area contributed by atoms with Crippen LogP contribution in [0.3, 0.4) is 0 Å². The van der Waals surface area contributed by atoms with Crippen LogP contribution in [0.25, 0.3) is 0 Å². The molecule has 1 rings (SSSR count). The number of hydrogen-bond acceptors (Lipinski definition) is 3. The highest BCUT2D eigenvalue weighted by molar-refractivity contribution is 4.81. The SMILES string of the molecule is CC(C)NC1CCN(CCCCN(C)C(C)C)C1. The zero-order valence-electron chi connectivity index (χ0n) is 13.1. The molecule has 3 heteroatoms. The van der Waals surface area contributed by atoms with Crippen LogP contribution in [0.2, 0.25) is 0 Å². The first-order valence-electron chi connectivity index (χ1n) is 7.67. The lowest BCUT2D eigenvalue weighted by atomic mass is 10.2. The summed E-state index contributed by atoms with van der Waals surface area (Å²) >= 11 is 0. The second-order valence-electron chi connectivity index (χ2n) is 6.39. The van der Waals surface area contributed by atoms with Gasteiger partial charge in [-0.3, -0.25) is 0 Å². The number of nitrogens with one attached hydrogen (secondary N) is 1. The van der Waals surface area contributed by atoms with E-state index in [0.717, 1.165) is 6.04 Å². The Bertz CT molecular complexity index is 216. The minimum Gasteiger partial charge on any atom is -0.310 e. The van der Waals surface area contributed by atoms with E-state index in [1.807, 2.05) is 0 Å². The van der Waals surface area contributed by atoms with Gasteiger partial charge in [-0.05, 0) is 59.8 Å². The molecule has 0 saturated carbocycles. The number of unbranched alkanes of at least 4 members (excludes halogenated alkanes) is 1. The Labute approximate surface area is 114 Å². The van der Waals surface area contributed by atoms with Gasteiger partial charge >= 0.3 is 0 Å². The van der Waals surface area contributed by atoms with Gasteiger partial charge in [-0.25, -0.2) is 0 Å². The molecule has 1 heterocycles. The molecule has 0 aliphatic carbocycles. The highest BCUT2D eigenvalue weighted by atomic mass is 15.2. The first-order chi connectivity index (χ1) is 8.49. The normalized spacial score (nSPS) is 21.7. The van der Waals surface area contributed by atoms with Crippen molar-refractivity contribution in [3.05, 3.63) is 0 Å². The van der Waals surface area contributed by atoms with E-state index >= 15 is 0 Å². The third-order valence-corrected chi connectivity index (χ3v) is 3.96. The molecule has 1 atom stereocenters. The number of likely N-dealkylation sites (tertiary alicyclic amines) is 1. The molecule has 0 spiro atoms. The smallest absolute Gasteiger partial charge is 0.0209 e. The monoisotopic (exact) mass is 255 g/mol. The van der Waals surface area contributed by atoms with Crippen molar-refractivity contribution in [3.8, 4) is 0 Å². The van der Waals surface area contributed by atoms with Crippen LogP contribution in [0.4, 0.5) is 0 Å². The van der Waals surface area contributed by atoms with Gasteiger partial charge in [-0.2, -0.15) is 0 Å². The van der Waals surface area contributed by atoms with Crippen molar-refractivity contribution in [2.45, 2.75) is 65.1 Å². The molecule has 0 radical (unpaired) electrons. The van der Waals surface area contributed by atoms with Crippen LogP contribution in [-0.2, 0) is 0 Å². The Balaban J connectivity index is 2.04. The van der Waals surface area contributed by atoms with E-state index in [-0.39, 0.29) is 0 Å². The minimum absolute atomic E-state index is 0.620. The summed E-state index contributed by atoms with van der Waals surface area (Å²) in [6.45, 7) is 14.1. The Morgan fingerprint density at radius 2 is 1.94 bits per heavy atom. The van der Waals surface area contributed by atoms with Crippen molar-refractivity contribution in [2.75, 3.05) is 33.2 Å². The summed E-state index contributed by atoms with van der Waals surface area (Å²) in [5, 5.41) is 3.65. The van der Waals surface area contributed by atoms with Gasteiger partial charge in [0.25, 0.3) is 0 Å². The summed E-state index contributed by atoms with van der Waals surface area (Å²) in [5.74, 6) is 0. The molecule has 0 aromatic carbocycles. The van der Waals surface area contributed by atoms with Gasteiger partial charge in [0.15, 0.2) is 0 Å². The van der Waals surface area contributed by atoms with Crippen LogP contribution in [0.15, 0.2) is 0 Å². The molecule has 1 saturated heterocycles. The van der Waals surface area contributed by atoms with E-state index in [2.05, 4.69) is 49.9 Å². The van der Waals surface area contributed by atoms with Crippen LogP contribution in [0.1, 0.15) is 47.0 Å². The minimum atomic E-state index is 0.620. The van der Waals surface area contributed by atoms with Gasteiger partial charge in [-0.15, -0.1) is 0 Å². The average molecular weight is 255 g/mol. The molecule has 0 bridgehead atoms. The van der Waals surface area contributed by atoms with E-state index in [1.54, 1.807) is 0 Å². The second-order valence-corrected chi connectivity index (χ2v) is 6.39. The van der Waals surface area contributed by atoms with E-state index in [9.17, 15) is 0 Å².